The maximum absolute atomic E-state index is 6.31. The van der Waals surface area contributed by atoms with Crippen molar-refractivity contribution in [3.63, 3.8) is 0 Å². The van der Waals surface area contributed by atoms with E-state index in [-0.39, 0.29) is 11.1 Å². The van der Waals surface area contributed by atoms with Crippen molar-refractivity contribution in [2.24, 2.45) is 5.73 Å². The van der Waals surface area contributed by atoms with Crippen molar-refractivity contribution in [2.75, 3.05) is 32.8 Å². The second kappa shape index (κ2) is 5.80. The van der Waals surface area contributed by atoms with Crippen LogP contribution >= 0.6 is 0 Å². The first-order valence-electron chi connectivity index (χ1n) is 8.81. The minimum Gasteiger partial charge on any atom is -0.375 e. The molecule has 0 radical (unpaired) electrons. The maximum Gasteiger partial charge on any atom is 0.0644 e. The van der Waals surface area contributed by atoms with E-state index in [0.717, 1.165) is 32.0 Å². The fourth-order valence-electron chi connectivity index (χ4n) is 5.00. The van der Waals surface area contributed by atoms with Crippen LogP contribution in [0, 0.1) is 0 Å². The number of hydrogen-bond donors (Lipinski definition) is 1. The minimum atomic E-state index is -0.0406. The molecule has 2 N–H and O–H groups in total. The average molecular weight is 295 g/mol. The molecular weight excluding hydrogens is 262 g/mol. The Morgan fingerprint density at radius 3 is 2.76 bits per heavy atom. The van der Waals surface area contributed by atoms with Gasteiger partial charge in [-0.1, -0.05) is 6.42 Å². The maximum atomic E-state index is 6.31. The van der Waals surface area contributed by atoms with Crippen molar-refractivity contribution < 1.29 is 4.74 Å². The summed E-state index contributed by atoms with van der Waals surface area (Å²) in [5.74, 6) is 0. The molecule has 3 rings (SSSR count). The van der Waals surface area contributed by atoms with Gasteiger partial charge in [0.2, 0.25) is 0 Å². The van der Waals surface area contributed by atoms with Gasteiger partial charge in [0.1, 0.15) is 0 Å². The fourth-order valence-corrected chi connectivity index (χ4v) is 5.00. The predicted molar refractivity (Wildman–Crippen MR) is 86.4 cm³/mol. The Hall–Kier alpha value is -0.160. The van der Waals surface area contributed by atoms with Crippen LogP contribution in [0.3, 0.4) is 0 Å². The Labute approximate surface area is 130 Å². The first-order valence-corrected chi connectivity index (χ1v) is 8.81. The molecular formula is C17H33N3O. The van der Waals surface area contributed by atoms with Gasteiger partial charge in [0.15, 0.2) is 0 Å². The third-order valence-corrected chi connectivity index (χ3v) is 5.99. The van der Waals surface area contributed by atoms with Gasteiger partial charge < -0.3 is 10.5 Å². The first kappa shape index (κ1) is 15.7. The summed E-state index contributed by atoms with van der Waals surface area (Å²) in [6.45, 7) is 12.2. The molecule has 122 valence electrons. The Bertz CT molecular complexity index is 373. The van der Waals surface area contributed by atoms with Crippen LogP contribution in [0.2, 0.25) is 0 Å². The summed E-state index contributed by atoms with van der Waals surface area (Å²) < 4.78 is 5.96. The van der Waals surface area contributed by atoms with Crippen molar-refractivity contribution in [1.29, 1.82) is 0 Å². The Balaban J connectivity index is 1.79. The molecule has 0 saturated carbocycles. The lowest BCUT2D eigenvalue weighted by molar-refractivity contribution is -0.142. The normalized spacial score (nSPS) is 41.7. The molecule has 3 aliphatic heterocycles. The number of rotatable bonds is 2. The smallest absolute Gasteiger partial charge is 0.0644 e. The monoisotopic (exact) mass is 295 g/mol. The zero-order chi connectivity index (χ0) is 15.1. The SMILES string of the molecule is CC1CN2CCCCC2CN1C1(CN)CCOC(C)(C)C1. The van der Waals surface area contributed by atoms with Crippen molar-refractivity contribution in [1.82, 2.24) is 9.80 Å². The topological polar surface area (TPSA) is 41.7 Å². The zero-order valence-electron chi connectivity index (χ0n) is 14.1. The van der Waals surface area contributed by atoms with Crippen LogP contribution in [0.5, 0.6) is 0 Å². The lowest BCUT2D eigenvalue weighted by Gasteiger charge is -2.58. The minimum absolute atomic E-state index is 0.0406. The molecule has 0 aromatic carbocycles. The summed E-state index contributed by atoms with van der Waals surface area (Å²) in [7, 11) is 0. The molecule has 0 amide bonds. The van der Waals surface area contributed by atoms with Gasteiger partial charge in [0.05, 0.1) is 5.60 Å². The predicted octanol–water partition coefficient (Wildman–Crippen LogP) is 1.83. The summed E-state index contributed by atoms with van der Waals surface area (Å²) in [6, 6.07) is 1.36. The van der Waals surface area contributed by atoms with Crippen LogP contribution in [0.4, 0.5) is 0 Å². The summed E-state index contributed by atoms with van der Waals surface area (Å²) in [6.07, 6.45) is 6.29. The molecule has 0 bridgehead atoms. The fraction of sp³-hybridized carbons (Fsp3) is 1.00. The molecule has 4 nitrogen and oxygen atoms in total. The third-order valence-electron chi connectivity index (χ3n) is 5.99. The molecule has 0 aromatic rings. The second-order valence-electron chi connectivity index (χ2n) is 8.11. The van der Waals surface area contributed by atoms with Gasteiger partial charge in [-0.05, 0) is 53.0 Å². The summed E-state index contributed by atoms with van der Waals surface area (Å²) in [5.41, 5.74) is 6.41. The van der Waals surface area contributed by atoms with E-state index in [2.05, 4.69) is 30.6 Å². The van der Waals surface area contributed by atoms with Gasteiger partial charge in [-0.2, -0.15) is 0 Å². The molecule has 0 spiro atoms. The number of hydrogen-bond acceptors (Lipinski definition) is 4. The van der Waals surface area contributed by atoms with Crippen molar-refractivity contribution in [3.05, 3.63) is 0 Å². The largest absolute Gasteiger partial charge is 0.375 e. The number of piperazine rings is 1. The highest BCUT2D eigenvalue weighted by Crippen LogP contribution is 2.39. The summed E-state index contributed by atoms with van der Waals surface area (Å²) in [4.78, 5) is 5.48. The van der Waals surface area contributed by atoms with Crippen LogP contribution in [0.25, 0.3) is 0 Å². The van der Waals surface area contributed by atoms with E-state index in [1.54, 1.807) is 0 Å². The standard InChI is InChI=1S/C17H33N3O/c1-14-10-19-8-5-4-6-15(19)11-20(14)17(13-18)7-9-21-16(2,3)12-17/h14-15H,4-13,18H2,1-3H3. The summed E-state index contributed by atoms with van der Waals surface area (Å²) >= 11 is 0. The van der Waals surface area contributed by atoms with Crippen LogP contribution in [-0.2, 0) is 4.74 Å². The van der Waals surface area contributed by atoms with E-state index in [1.165, 1.54) is 38.9 Å². The van der Waals surface area contributed by atoms with E-state index < -0.39 is 0 Å². The molecule has 3 fully saturated rings. The second-order valence-corrected chi connectivity index (χ2v) is 8.11. The van der Waals surface area contributed by atoms with E-state index in [9.17, 15) is 0 Å². The Morgan fingerprint density at radius 2 is 2.05 bits per heavy atom. The number of ether oxygens (including phenoxy) is 1. The number of piperidine rings is 1. The third kappa shape index (κ3) is 3.00. The number of fused-ring (bicyclic) bond motifs is 1. The van der Waals surface area contributed by atoms with E-state index in [1.807, 2.05) is 0 Å². The molecule has 3 aliphatic rings. The van der Waals surface area contributed by atoms with Gasteiger partial charge in [-0.25, -0.2) is 0 Å². The lowest BCUT2D eigenvalue weighted by atomic mass is 9.78. The van der Waals surface area contributed by atoms with Gasteiger partial charge in [-0.3, -0.25) is 9.80 Å². The quantitative estimate of drug-likeness (QED) is 0.844. The van der Waals surface area contributed by atoms with Crippen LogP contribution in [0.1, 0.15) is 52.9 Å². The van der Waals surface area contributed by atoms with Gasteiger partial charge in [0.25, 0.3) is 0 Å². The van der Waals surface area contributed by atoms with Crippen LogP contribution < -0.4 is 5.73 Å². The lowest BCUT2D eigenvalue weighted by Crippen LogP contribution is -2.69. The highest BCUT2D eigenvalue weighted by Gasteiger charge is 2.48. The molecule has 3 heterocycles. The van der Waals surface area contributed by atoms with E-state index in [0.29, 0.717) is 6.04 Å². The van der Waals surface area contributed by atoms with Crippen LogP contribution in [-0.4, -0.2) is 65.8 Å². The van der Waals surface area contributed by atoms with E-state index in [4.69, 9.17) is 10.5 Å². The van der Waals surface area contributed by atoms with Crippen molar-refractivity contribution in [2.45, 2.75) is 76.1 Å². The van der Waals surface area contributed by atoms with E-state index >= 15 is 0 Å². The molecule has 3 unspecified atom stereocenters. The van der Waals surface area contributed by atoms with Crippen LogP contribution in [0.15, 0.2) is 0 Å². The van der Waals surface area contributed by atoms with Crippen molar-refractivity contribution in [3.8, 4) is 0 Å². The molecule has 3 saturated heterocycles. The molecule has 0 aliphatic carbocycles. The van der Waals surface area contributed by atoms with Crippen molar-refractivity contribution >= 4 is 0 Å². The van der Waals surface area contributed by atoms with Gasteiger partial charge in [0, 0.05) is 43.9 Å². The van der Waals surface area contributed by atoms with Gasteiger partial charge in [-0.15, -0.1) is 0 Å². The van der Waals surface area contributed by atoms with Gasteiger partial charge >= 0.3 is 0 Å². The molecule has 0 aromatic heterocycles. The zero-order valence-corrected chi connectivity index (χ0v) is 14.1. The number of nitrogens with zero attached hydrogens (tertiary/aromatic N) is 2. The highest BCUT2D eigenvalue weighted by atomic mass is 16.5. The average Bonchev–Trinajstić information content (AvgIpc) is 2.45. The first-order chi connectivity index (χ1) is 9.96. The number of nitrogens with two attached hydrogens (primary N) is 1. The summed E-state index contributed by atoms with van der Waals surface area (Å²) in [5, 5.41) is 0. The molecule has 3 atom stereocenters. The molecule has 4 heteroatoms. The Morgan fingerprint density at radius 1 is 1.24 bits per heavy atom. The highest BCUT2D eigenvalue weighted by molar-refractivity contribution is 5.04. The Kier molecular flexibility index (Phi) is 4.34. The molecule has 21 heavy (non-hydrogen) atoms.